The van der Waals surface area contributed by atoms with Crippen molar-refractivity contribution in [3.63, 3.8) is 0 Å². The monoisotopic (exact) mass is 299 g/mol. The molecule has 0 bridgehead atoms. The van der Waals surface area contributed by atoms with E-state index in [-0.39, 0.29) is 30.1 Å². The van der Waals surface area contributed by atoms with Crippen molar-refractivity contribution >= 4 is 24.1 Å². The summed E-state index contributed by atoms with van der Waals surface area (Å²) in [5.41, 5.74) is 8.23. The minimum Gasteiger partial charge on any atom is -0.354 e. The first-order chi connectivity index (χ1) is 8.95. The normalized spacial score (nSPS) is 15.4. The Morgan fingerprint density at radius 3 is 2.40 bits per heavy atom. The number of ketones is 1. The standard InChI is InChI=1S/C14H21N3O2.ClH/c1-7-12(9(3)18)8(2)16-13(7)14(19)17-11(6-15)10-4-5-10;/h10-11,16H,4-6,15H2,1-3H3,(H,17,19);1H. The maximum absolute atomic E-state index is 12.2. The van der Waals surface area contributed by atoms with Crippen molar-refractivity contribution in [2.75, 3.05) is 6.54 Å². The Labute approximate surface area is 125 Å². The highest BCUT2D eigenvalue weighted by Gasteiger charge is 2.32. The molecule has 0 radical (unpaired) electrons. The van der Waals surface area contributed by atoms with Gasteiger partial charge in [0.15, 0.2) is 5.78 Å². The van der Waals surface area contributed by atoms with E-state index >= 15 is 0 Å². The summed E-state index contributed by atoms with van der Waals surface area (Å²) in [6, 6.07) is 0.0382. The molecule has 1 aromatic rings. The highest BCUT2D eigenvalue weighted by atomic mass is 35.5. The summed E-state index contributed by atoms with van der Waals surface area (Å²) in [7, 11) is 0. The van der Waals surface area contributed by atoms with Crippen molar-refractivity contribution in [2.24, 2.45) is 11.7 Å². The zero-order valence-corrected chi connectivity index (χ0v) is 12.9. The quantitative estimate of drug-likeness (QED) is 0.723. The number of nitrogens with one attached hydrogen (secondary N) is 2. The van der Waals surface area contributed by atoms with Crippen LogP contribution in [0.2, 0.25) is 0 Å². The van der Waals surface area contributed by atoms with Gasteiger partial charge in [-0.1, -0.05) is 0 Å². The van der Waals surface area contributed by atoms with Crippen molar-refractivity contribution < 1.29 is 9.59 Å². The summed E-state index contributed by atoms with van der Waals surface area (Å²) in [5, 5.41) is 2.96. The minimum absolute atomic E-state index is 0. The van der Waals surface area contributed by atoms with Crippen LogP contribution in [0.1, 0.15) is 51.9 Å². The van der Waals surface area contributed by atoms with Gasteiger partial charge in [-0.2, -0.15) is 0 Å². The third-order valence-electron chi connectivity index (χ3n) is 3.78. The fourth-order valence-electron chi connectivity index (χ4n) is 2.61. The van der Waals surface area contributed by atoms with Gasteiger partial charge in [0.25, 0.3) is 5.91 Å². The van der Waals surface area contributed by atoms with Crippen molar-refractivity contribution in [3.05, 3.63) is 22.5 Å². The molecule has 112 valence electrons. The van der Waals surface area contributed by atoms with Crippen LogP contribution < -0.4 is 11.1 Å². The Balaban J connectivity index is 0.00000200. The maximum atomic E-state index is 12.2. The molecule has 1 aliphatic carbocycles. The number of aromatic amines is 1. The van der Waals surface area contributed by atoms with Crippen LogP contribution in [-0.4, -0.2) is 29.3 Å². The molecule has 20 heavy (non-hydrogen) atoms. The fraction of sp³-hybridized carbons (Fsp3) is 0.571. The lowest BCUT2D eigenvalue weighted by atomic mass is 10.1. The van der Waals surface area contributed by atoms with Crippen LogP contribution in [0, 0.1) is 19.8 Å². The highest BCUT2D eigenvalue weighted by Crippen LogP contribution is 2.32. The van der Waals surface area contributed by atoms with Crippen LogP contribution in [0.3, 0.4) is 0 Å². The number of amides is 1. The summed E-state index contributed by atoms with van der Waals surface area (Å²) < 4.78 is 0. The predicted octanol–water partition coefficient (Wildman–Crippen LogP) is 1.72. The summed E-state index contributed by atoms with van der Waals surface area (Å²) in [6.45, 7) is 5.57. The Bertz CT molecular complexity index is 521. The second kappa shape index (κ2) is 6.41. The Morgan fingerprint density at radius 1 is 1.40 bits per heavy atom. The van der Waals surface area contributed by atoms with Gasteiger partial charge in [0.1, 0.15) is 5.69 Å². The second-order valence-electron chi connectivity index (χ2n) is 5.33. The number of halogens is 1. The van der Waals surface area contributed by atoms with E-state index in [0.717, 1.165) is 18.5 Å². The second-order valence-corrected chi connectivity index (χ2v) is 5.33. The van der Waals surface area contributed by atoms with Crippen LogP contribution in [0.15, 0.2) is 0 Å². The van der Waals surface area contributed by atoms with Gasteiger partial charge in [0, 0.05) is 23.8 Å². The summed E-state index contributed by atoms with van der Waals surface area (Å²) >= 11 is 0. The average Bonchev–Trinajstić information content (AvgIpc) is 3.12. The van der Waals surface area contributed by atoms with E-state index in [0.29, 0.717) is 29.3 Å². The molecule has 0 aliphatic heterocycles. The van der Waals surface area contributed by atoms with Gasteiger partial charge in [0.2, 0.25) is 0 Å². The lowest BCUT2D eigenvalue weighted by molar-refractivity contribution is 0.0928. The SMILES string of the molecule is CC(=O)c1c(C)[nH]c(C(=O)NC(CN)C2CC2)c1C.Cl. The molecule has 4 N–H and O–H groups in total. The highest BCUT2D eigenvalue weighted by molar-refractivity contribution is 6.02. The van der Waals surface area contributed by atoms with E-state index in [1.165, 1.54) is 6.92 Å². The maximum Gasteiger partial charge on any atom is 0.268 e. The summed E-state index contributed by atoms with van der Waals surface area (Å²) in [4.78, 5) is 26.8. The molecule has 5 nitrogen and oxygen atoms in total. The van der Waals surface area contributed by atoms with Crippen LogP contribution in [-0.2, 0) is 0 Å². The first-order valence-corrected chi connectivity index (χ1v) is 6.66. The van der Waals surface area contributed by atoms with Crippen molar-refractivity contribution in [3.8, 4) is 0 Å². The summed E-state index contributed by atoms with van der Waals surface area (Å²) in [6.07, 6.45) is 2.26. The van der Waals surface area contributed by atoms with Crippen LogP contribution in [0.4, 0.5) is 0 Å². The molecule has 6 heteroatoms. The number of carbonyl (C=O) groups is 2. The fourth-order valence-corrected chi connectivity index (χ4v) is 2.61. The molecule has 1 aromatic heterocycles. The van der Waals surface area contributed by atoms with Crippen molar-refractivity contribution in [1.82, 2.24) is 10.3 Å². The van der Waals surface area contributed by atoms with Gasteiger partial charge in [-0.3, -0.25) is 9.59 Å². The summed E-state index contributed by atoms with van der Waals surface area (Å²) in [5.74, 6) is 0.316. The van der Waals surface area contributed by atoms with Gasteiger partial charge < -0.3 is 16.0 Å². The van der Waals surface area contributed by atoms with Crippen molar-refractivity contribution in [2.45, 2.75) is 39.7 Å². The number of aromatic nitrogens is 1. The lowest BCUT2D eigenvalue weighted by Crippen LogP contribution is -2.42. The van der Waals surface area contributed by atoms with Crippen LogP contribution in [0.5, 0.6) is 0 Å². The number of hydrogen-bond donors (Lipinski definition) is 3. The first-order valence-electron chi connectivity index (χ1n) is 6.66. The van der Waals surface area contributed by atoms with E-state index < -0.39 is 0 Å². The van der Waals surface area contributed by atoms with E-state index in [2.05, 4.69) is 10.3 Å². The van der Waals surface area contributed by atoms with E-state index in [1.807, 2.05) is 6.92 Å². The molecule has 0 saturated heterocycles. The largest absolute Gasteiger partial charge is 0.354 e. The van der Waals surface area contributed by atoms with Gasteiger partial charge in [0.05, 0.1) is 0 Å². The Kier molecular flexibility index (Phi) is 5.36. The molecular weight excluding hydrogens is 278 g/mol. The average molecular weight is 300 g/mol. The molecule has 1 unspecified atom stereocenters. The first kappa shape index (κ1) is 16.7. The zero-order chi connectivity index (χ0) is 14.2. The molecular formula is C14H22ClN3O2. The molecule has 0 spiro atoms. The molecule has 1 aliphatic rings. The number of hydrogen-bond acceptors (Lipinski definition) is 3. The molecule has 1 fully saturated rings. The van der Waals surface area contributed by atoms with E-state index in [4.69, 9.17) is 5.73 Å². The van der Waals surface area contributed by atoms with Gasteiger partial charge in [-0.25, -0.2) is 0 Å². The molecule has 1 saturated carbocycles. The third-order valence-corrected chi connectivity index (χ3v) is 3.78. The Hall–Kier alpha value is -1.33. The number of Topliss-reactive ketones (excluding diaryl/α,β-unsaturated/α-hetero) is 1. The Morgan fingerprint density at radius 2 is 2.00 bits per heavy atom. The van der Waals surface area contributed by atoms with E-state index in [1.54, 1.807) is 6.92 Å². The van der Waals surface area contributed by atoms with Crippen molar-refractivity contribution in [1.29, 1.82) is 0 Å². The molecule has 0 aromatic carbocycles. The minimum atomic E-state index is -0.171. The lowest BCUT2D eigenvalue weighted by Gasteiger charge is -2.15. The van der Waals surface area contributed by atoms with Gasteiger partial charge in [-0.15, -0.1) is 12.4 Å². The van der Waals surface area contributed by atoms with Gasteiger partial charge in [-0.05, 0) is 45.1 Å². The number of rotatable bonds is 5. The number of H-pyrrole nitrogens is 1. The van der Waals surface area contributed by atoms with Gasteiger partial charge >= 0.3 is 0 Å². The zero-order valence-electron chi connectivity index (χ0n) is 12.1. The molecule has 2 rings (SSSR count). The smallest absolute Gasteiger partial charge is 0.268 e. The number of carbonyl (C=O) groups excluding carboxylic acids is 2. The predicted molar refractivity (Wildman–Crippen MR) is 80.6 cm³/mol. The third kappa shape index (κ3) is 3.22. The molecule has 1 amide bonds. The van der Waals surface area contributed by atoms with E-state index in [9.17, 15) is 9.59 Å². The van der Waals surface area contributed by atoms with Crippen LogP contribution in [0.25, 0.3) is 0 Å². The molecule has 1 atom stereocenters. The van der Waals surface area contributed by atoms with Crippen LogP contribution >= 0.6 is 12.4 Å². The number of aryl methyl sites for hydroxylation is 1. The number of nitrogens with two attached hydrogens (primary N) is 1. The molecule has 1 heterocycles. The topological polar surface area (TPSA) is 88.0 Å².